The van der Waals surface area contributed by atoms with Crippen molar-refractivity contribution in [1.82, 2.24) is 0 Å². The number of ether oxygens (including phenoxy) is 2. The smallest absolute Gasteiger partial charge is 0.161 e. The Balaban J connectivity index is 2.36. The van der Waals surface area contributed by atoms with Crippen LogP contribution in [0.4, 0.5) is 0 Å². The third kappa shape index (κ3) is 3.17. The van der Waals surface area contributed by atoms with Gasteiger partial charge in [-0.2, -0.15) is 5.26 Å². The predicted molar refractivity (Wildman–Crippen MR) is 82.8 cm³/mol. The molecule has 0 saturated carbocycles. The summed E-state index contributed by atoms with van der Waals surface area (Å²) >= 11 is 0. The summed E-state index contributed by atoms with van der Waals surface area (Å²) in [6.45, 7) is 2.07. The highest BCUT2D eigenvalue weighted by Gasteiger charge is 2.21. The van der Waals surface area contributed by atoms with Gasteiger partial charge in [0.1, 0.15) is 0 Å². The minimum atomic E-state index is -0.229. The molecule has 0 aliphatic rings. The molecule has 108 valence electrons. The van der Waals surface area contributed by atoms with E-state index in [1.165, 1.54) is 0 Å². The van der Waals surface area contributed by atoms with Crippen LogP contribution in [0, 0.1) is 11.3 Å². The van der Waals surface area contributed by atoms with Gasteiger partial charge in [0, 0.05) is 5.92 Å². The van der Waals surface area contributed by atoms with Gasteiger partial charge in [-0.05, 0) is 23.3 Å². The van der Waals surface area contributed by atoms with E-state index in [-0.39, 0.29) is 11.8 Å². The molecule has 0 spiro atoms. The van der Waals surface area contributed by atoms with Crippen LogP contribution in [0.3, 0.4) is 0 Å². The van der Waals surface area contributed by atoms with Gasteiger partial charge >= 0.3 is 0 Å². The van der Waals surface area contributed by atoms with Crippen molar-refractivity contribution >= 4 is 0 Å². The van der Waals surface area contributed by atoms with Gasteiger partial charge in [0.2, 0.25) is 0 Å². The highest BCUT2D eigenvalue weighted by molar-refractivity contribution is 5.46. The van der Waals surface area contributed by atoms with Crippen LogP contribution in [0.2, 0.25) is 0 Å². The van der Waals surface area contributed by atoms with Crippen molar-refractivity contribution in [3.05, 3.63) is 59.7 Å². The van der Waals surface area contributed by atoms with Crippen molar-refractivity contribution < 1.29 is 9.47 Å². The van der Waals surface area contributed by atoms with Gasteiger partial charge < -0.3 is 9.47 Å². The second kappa shape index (κ2) is 6.81. The highest BCUT2D eigenvalue weighted by Crippen LogP contribution is 2.36. The third-order valence-corrected chi connectivity index (χ3v) is 3.73. The minimum Gasteiger partial charge on any atom is -0.493 e. The number of rotatable bonds is 5. The van der Waals surface area contributed by atoms with Gasteiger partial charge in [-0.3, -0.25) is 0 Å². The summed E-state index contributed by atoms with van der Waals surface area (Å²) in [5, 5.41) is 9.58. The average molecular weight is 281 g/mol. The van der Waals surface area contributed by atoms with E-state index in [9.17, 15) is 5.26 Å². The topological polar surface area (TPSA) is 42.2 Å². The summed E-state index contributed by atoms with van der Waals surface area (Å²) in [5.41, 5.74) is 2.09. The fourth-order valence-electron chi connectivity index (χ4n) is 2.47. The maximum Gasteiger partial charge on any atom is 0.161 e. The second-order valence-electron chi connectivity index (χ2n) is 4.92. The first-order chi connectivity index (χ1) is 10.2. The molecule has 3 heteroatoms. The normalized spacial score (nSPS) is 13.0. The summed E-state index contributed by atoms with van der Waals surface area (Å²) in [6, 6.07) is 18.1. The van der Waals surface area contributed by atoms with E-state index < -0.39 is 0 Å². The summed E-state index contributed by atoms with van der Waals surface area (Å²) in [4.78, 5) is 0. The molecule has 3 nitrogen and oxygen atoms in total. The lowest BCUT2D eigenvalue weighted by Crippen LogP contribution is -2.07. The average Bonchev–Trinajstić information content (AvgIpc) is 2.56. The first-order valence-electron chi connectivity index (χ1n) is 6.87. The first kappa shape index (κ1) is 14.9. The zero-order valence-corrected chi connectivity index (χ0v) is 12.5. The predicted octanol–water partition coefficient (Wildman–Crippen LogP) is 4.11. The van der Waals surface area contributed by atoms with Gasteiger partial charge in [0.05, 0.1) is 26.2 Å². The van der Waals surface area contributed by atoms with Gasteiger partial charge in [-0.15, -0.1) is 0 Å². The molecule has 0 aliphatic carbocycles. The lowest BCUT2D eigenvalue weighted by atomic mass is 9.83. The van der Waals surface area contributed by atoms with Crippen LogP contribution in [0.15, 0.2) is 48.5 Å². The van der Waals surface area contributed by atoms with Crippen LogP contribution in [0.25, 0.3) is 0 Å². The van der Waals surface area contributed by atoms with Crippen LogP contribution in [0.1, 0.15) is 29.9 Å². The van der Waals surface area contributed by atoms with E-state index in [0.717, 1.165) is 11.1 Å². The summed E-state index contributed by atoms with van der Waals surface area (Å²) < 4.78 is 10.6. The molecule has 0 fully saturated rings. The van der Waals surface area contributed by atoms with Gasteiger partial charge in [0.15, 0.2) is 11.5 Å². The molecule has 0 aliphatic heterocycles. The molecule has 0 heterocycles. The molecule has 2 atom stereocenters. The van der Waals surface area contributed by atoms with Crippen molar-refractivity contribution in [3.8, 4) is 17.6 Å². The monoisotopic (exact) mass is 281 g/mol. The van der Waals surface area contributed by atoms with Crippen molar-refractivity contribution in [2.45, 2.75) is 18.8 Å². The van der Waals surface area contributed by atoms with Crippen molar-refractivity contribution in [2.24, 2.45) is 0 Å². The van der Waals surface area contributed by atoms with E-state index in [2.05, 4.69) is 25.1 Å². The zero-order valence-electron chi connectivity index (χ0n) is 12.5. The maximum absolute atomic E-state index is 9.58. The Morgan fingerprint density at radius 1 is 0.905 bits per heavy atom. The Bertz CT molecular complexity index is 631. The molecule has 21 heavy (non-hydrogen) atoms. The van der Waals surface area contributed by atoms with E-state index >= 15 is 0 Å². The van der Waals surface area contributed by atoms with Gasteiger partial charge in [-0.25, -0.2) is 0 Å². The number of nitrogens with zero attached hydrogens (tertiary/aromatic N) is 1. The number of hydrogen-bond donors (Lipinski definition) is 0. The lowest BCUT2D eigenvalue weighted by Gasteiger charge is -2.19. The van der Waals surface area contributed by atoms with Gasteiger partial charge in [-0.1, -0.05) is 43.3 Å². The number of methoxy groups -OCH3 is 2. The number of nitriles is 1. The standard InChI is InChI=1S/C18H19NO2/c1-13(14-7-5-4-6-8-14)16(12-19)15-9-10-17(20-2)18(11-15)21-3/h4-11,13,16H,1-3H3. The largest absolute Gasteiger partial charge is 0.493 e. The second-order valence-corrected chi connectivity index (χ2v) is 4.92. The zero-order chi connectivity index (χ0) is 15.2. The molecule has 0 radical (unpaired) electrons. The fourth-order valence-corrected chi connectivity index (χ4v) is 2.47. The molecular formula is C18H19NO2. The highest BCUT2D eigenvalue weighted by atomic mass is 16.5. The van der Waals surface area contributed by atoms with Crippen molar-refractivity contribution in [1.29, 1.82) is 5.26 Å². The summed E-state index contributed by atoms with van der Waals surface area (Å²) in [5.74, 6) is 1.20. The Labute approximate surface area is 125 Å². The van der Waals surface area contributed by atoms with E-state index in [1.807, 2.05) is 36.4 Å². The van der Waals surface area contributed by atoms with Crippen LogP contribution < -0.4 is 9.47 Å². The Kier molecular flexibility index (Phi) is 4.84. The van der Waals surface area contributed by atoms with Gasteiger partial charge in [0.25, 0.3) is 0 Å². The molecule has 2 unspecified atom stereocenters. The Morgan fingerprint density at radius 2 is 1.57 bits per heavy atom. The quantitative estimate of drug-likeness (QED) is 0.828. The molecule has 0 amide bonds. The summed E-state index contributed by atoms with van der Waals surface area (Å²) in [7, 11) is 3.20. The maximum atomic E-state index is 9.58. The van der Waals surface area contributed by atoms with Crippen LogP contribution in [-0.2, 0) is 0 Å². The van der Waals surface area contributed by atoms with E-state index in [1.54, 1.807) is 14.2 Å². The van der Waals surface area contributed by atoms with Crippen molar-refractivity contribution in [2.75, 3.05) is 14.2 Å². The molecule has 0 bridgehead atoms. The van der Waals surface area contributed by atoms with Crippen LogP contribution in [-0.4, -0.2) is 14.2 Å². The molecule has 2 aromatic carbocycles. The fraction of sp³-hybridized carbons (Fsp3) is 0.278. The van der Waals surface area contributed by atoms with Crippen LogP contribution in [0.5, 0.6) is 11.5 Å². The summed E-state index contributed by atoms with van der Waals surface area (Å²) in [6.07, 6.45) is 0. The SMILES string of the molecule is COc1ccc(C(C#N)C(C)c2ccccc2)cc1OC. The molecule has 2 aromatic rings. The molecule has 0 aromatic heterocycles. The molecular weight excluding hydrogens is 262 g/mol. The minimum absolute atomic E-state index is 0.106. The van der Waals surface area contributed by atoms with E-state index in [4.69, 9.17) is 9.47 Å². The van der Waals surface area contributed by atoms with Crippen LogP contribution >= 0.6 is 0 Å². The Hall–Kier alpha value is -2.47. The molecule has 0 N–H and O–H groups in total. The number of benzene rings is 2. The third-order valence-electron chi connectivity index (χ3n) is 3.73. The first-order valence-corrected chi connectivity index (χ1v) is 6.87. The lowest BCUT2D eigenvalue weighted by molar-refractivity contribution is 0.354. The van der Waals surface area contributed by atoms with E-state index in [0.29, 0.717) is 11.5 Å². The number of hydrogen-bond acceptors (Lipinski definition) is 3. The van der Waals surface area contributed by atoms with Crippen molar-refractivity contribution in [3.63, 3.8) is 0 Å². The molecule has 0 saturated heterocycles. The molecule has 2 rings (SSSR count). The Morgan fingerprint density at radius 3 is 2.14 bits per heavy atom.